The van der Waals surface area contributed by atoms with Crippen molar-refractivity contribution < 1.29 is 23.1 Å². The van der Waals surface area contributed by atoms with Gasteiger partial charge in [-0.1, -0.05) is 0 Å². The van der Waals surface area contributed by atoms with Crippen LogP contribution in [0.25, 0.3) is 0 Å². The Labute approximate surface area is 111 Å². The Morgan fingerprint density at radius 2 is 1.95 bits per heavy atom. The van der Waals surface area contributed by atoms with Gasteiger partial charge in [-0.05, 0) is 20.8 Å². The lowest BCUT2D eigenvalue weighted by Crippen LogP contribution is -2.41. The van der Waals surface area contributed by atoms with Crippen molar-refractivity contribution in [3.63, 3.8) is 0 Å². The average molecular weight is 278 g/mol. The molecule has 1 heterocycles. The molecule has 0 aromatic rings. The fourth-order valence-corrected chi connectivity index (χ4v) is 1.87. The Hall–Kier alpha value is -1.40. The van der Waals surface area contributed by atoms with Gasteiger partial charge in [0.25, 0.3) is 5.92 Å². The standard InChI is InChI=1S/C12H20F2N2O3/c1-11(2,3)19-10(18)16-5-4-12(13,14)6-8(7-16)9(15)17/h8H,4-7H2,1-3H3,(H2,15,17). The number of ether oxygens (including phenoxy) is 1. The van der Waals surface area contributed by atoms with Gasteiger partial charge >= 0.3 is 6.09 Å². The van der Waals surface area contributed by atoms with E-state index in [0.29, 0.717) is 0 Å². The summed E-state index contributed by atoms with van der Waals surface area (Å²) >= 11 is 0. The van der Waals surface area contributed by atoms with Gasteiger partial charge in [0.1, 0.15) is 5.60 Å². The normalized spacial score (nSPS) is 23.6. The molecule has 2 amide bonds. The number of amides is 2. The Bertz CT molecular complexity index is 366. The summed E-state index contributed by atoms with van der Waals surface area (Å²) in [5, 5.41) is 0. The third-order valence-electron chi connectivity index (χ3n) is 2.79. The minimum atomic E-state index is -2.99. The van der Waals surface area contributed by atoms with E-state index in [1.807, 2.05) is 0 Å². The van der Waals surface area contributed by atoms with Crippen molar-refractivity contribution in [2.45, 2.75) is 45.1 Å². The summed E-state index contributed by atoms with van der Waals surface area (Å²) in [6.45, 7) is 4.78. The second-order valence-corrected chi connectivity index (χ2v) is 5.84. The summed E-state index contributed by atoms with van der Waals surface area (Å²) in [4.78, 5) is 24.1. The largest absolute Gasteiger partial charge is 0.444 e. The summed E-state index contributed by atoms with van der Waals surface area (Å²) in [5.41, 5.74) is 4.38. The molecule has 110 valence electrons. The minimum Gasteiger partial charge on any atom is -0.444 e. The van der Waals surface area contributed by atoms with E-state index in [4.69, 9.17) is 10.5 Å². The van der Waals surface area contributed by atoms with Crippen LogP contribution in [0.5, 0.6) is 0 Å². The van der Waals surface area contributed by atoms with Gasteiger partial charge < -0.3 is 15.4 Å². The number of primary amides is 1. The average Bonchev–Trinajstić information content (AvgIpc) is 2.34. The van der Waals surface area contributed by atoms with Crippen LogP contribution in [0.1, 0.15) is 33.6 Å². The van der Waals surface area contributed by atoms with Gasteiger partial charge in [0.05, 0.1) is 5.92 Å². The molecule has 5 nitrogen and oxygen atoms in total. The maximum absolute atomic E-state index is 13.5. The van der Waals surface area contributed by atoms with E-state index in [9.17, 15) is 18.4 Å². The van der Waals surface area contributed by atoms with E-state index in [1.54, 1.807) is 20.8 Å². The van der Waals surface area contributed by atoms with Gasteiger partial charge in [-0.3, -0.25) is 4.79 Å². The zero-order chi connectivity index (χ0) is 14.8. The Morgan fingerprint density at radius 3 is 2.42 bits per heavy atom. The van der Waals surface area contributed by atoms with Crippen LogP contribution in [-0.4, -0.2) is 41.5 Å². The van der Waals surface area contributed by atoms with E-state index >= 15 is 0 Å². The first-order valence-electron chi connectivity index (χ1n) is 6.15. The first kappa shape index (κ1) is 15.7. The number of likely N-dealkylation sites (tertiary alicyclic amines) is 1. The highest BCUT2D eigenvalue weighted by Crippen LogP contribution is 2.31. The number of hydrogen-bond donors (Lipinski definition) is 1. The fourth-order valence-electron chi connectivity index (χ4n) is 1.87. The lowest BCUT2D eigenvalue weighted by Gasteiger charge is -2.27. The summed E-state index contributed by atoms with van der Waals surface area (Å²) in [6.07, 6.45) is -1.81. The van der Waals surface area contributed by atoms with Crippen LogP contribution < -0.4 is 5.73 Å². The monoisotopic (exact) mass is 278 g/mol. The molecule has 1 unspecified atom stereocenters. The zero-order valence-electron chi connectivity index (χ0n) is 11.4. The highest BCUT2D eigenvalue weighted by atomic mass is 19.3. The molecule has 19 heavy (non-hydrogen) atoms. The third kappa shape index (κ3) is 5.00. The van der Waals surface area contributed by atoms with Gasteiger partial charge in [-0.2, -0.15) is 0 Å². The molecule has 1 saturated heterocycles. The van der Waals surface area contributed by atoms with Crippen molar-refractivity contribution >= 4 is 12.0 Å². The molecule has 1 aliphatic rings. The molecule has 7 heteroatoms. The van der Waals surface area contributed by atoms with Crippen molar-refractivity contribution in [3.8, 4) is 0 Å². The number of alkyl halides is 2. The topological polar surface area (TPSA) is 72.6 Å². The smallest absolute Gasteiger partial charge is 0.410 e. The van der Waals surface area contributed by atoms with Crippen LogP contribution >= 0.6 is 0 Å². The molecule has 0 bridgehead atoms. The summed E-state index contributed by atoms with van der Waals surface area (Å²) in [5.74, 6) is -4.86. The van der Waals surface area contributed by atoms with Gasteiger partial charge in [-0.25, -0.2) is 13.6 Å². The quantitative estimate of drug-likeness (QED) is 0.794. The first-order valence-corrected chi connectivity index (χ1v) is 6.15. The molecular weight excluding hydrogens is 258 g/mol. The van der Waals surface area contributed by atoms with E-state index in [0.717, 1.165) is 4.90 Å². The number of nitrogens with two attached hydrogens (primary N) is 1. The number of carbonyl (C=O) groups excluding carboxylic acids is 2. The highest BCUT2D eigenvalue weighted by molar-refractivity contribution is 5.78. The predicted molar refractivity (Wildman–Crippen MR) is 64.7 cm³/mol. The predicted octanol–water partition coefficient (Wildman–Crippen LogP) is 1.75. The number of hydrogen-bond acceptors (Lipinski definition) is 3. The zero-order valence-corrected chi connectivity index (χ0v) is 11.4. The lowest BCUT2D eigenvalue weighted by molar-refractivity contribution is -0.125. The van der Waals surface area contributed by atoms with Crippen molar-refractivity contribution in [2.75, 3.05) is 13.1 Å². The van der Waals surface area contributed by atoms with Crippen LogP contribution in [-0.2, 0) is 9.53 Å². The van der Waals surface area contributed by atoms with E-state index in [2.05, 4.69) is 0 Å². The van der Waals surface area contributed by atoms with E-state index in [1.165, 1.54) is 0 Å². The number of halogens is 2. The maximum Gasteiger partial charge on any atom is 0.410 e. The lowest BCUT2D eigenvalue weighted by atomic mass is 10.0. The molecule has 0 aromatic carbocycles. The van der Waals surface area contributed by atoms with Gasteiger partial charge in [0.15, 0.2) is 0 Å². The summed E-state index contributed by atoms with van der Waals surface area (Å²) < 4.78 is 32.0. The molecule has 1 atom stereocenters. The summed E-state index contributed by atoms with van der Waals surface area (Å²) in [6, 6.07) is 0. The van der Waals surface area contributed by atoms with Gasteiger partial charge in [0.2, 0.25) is 5.91 Å². The maximum atomic E-state index is 13.5. The van der Waals surface area contributed by atoms with Crippen LogP contribution in [0.4, 0.5) is 13.6 Å². The van der Waals surface area contributed by atoms with E-state index < -0.39 is 42.3 Å². The molecule has 1 aliphatic heterocycles. The number of rotatable bonds is 1. The van der Waals surface area contributed by atoms with Crippen molar-refractivity contribution in [1.29, 1.82) is 0 Å². The Balaban J connectivity index is 2.79. The number of nitrogens with zero attached hydrogens (tertiary/aromatic N) is 1. The molecule has 0 aliphatic carbocycles. The molecule has 0 aromatic heterocycles. The van der Waals surface area contributed by atoms with Crippen LogP contribution in [0.2, 0.25) is 0 Å². The van der Waals surface area contributed by atoms with Crippen LogP contribution in [0.15, 0.2) is 0 Å². The molecule has 1 rings (SSSR count). The van der Waals surface area contributed by atoms with Crippen molar-refractivity contribution in [2.24, 2.45) is 11.7 Å². The van der Waals surface area contributed by atoms with Crippen LogP contribution in [0.3, 0.4) is 0 Å². The van der Waals surface area contributed by atoms with Gasteiger partial charge in [0, 0.05) is 25.9 Å². The highest BCUT2D eigenvalue weighted by Gasteiger charge is 2.40. The molecular formula is C12H20F2N2O3. The van der Waals surface area contributed by atoms with Crippen LogP contribution in [0, 0.1) is 5.92 Å². The molecule has 1 fully saturated rings. The molecule has 0 saturated carbocycles. The summed E-state index contributed by atoms with van der Waals surface area (Å²) in [7, 11) is 0. The molecule has 2 N–H and O–H groups in total. The van der Waals surface area contributed by atoms with Crippen molar-refractivity contribution in [1.82, 2.24) is 4.90 Å². The molecule has 0 spiro atoms. The van der Waals surface area contributed by atoms with Gasteiger partial charge in [-0.15, -0.1) is 0 Å². The van der Waals surface area contributed by atoms with E-state index in [-0.39, 0.29) is 13.1 Å². The van der Waals surface area contributed by atoms with Crippen molar-refractivity contribution in [3.05, 3.63) is 0 Å². The first-order chi connectivity index (χ1) is 8.50. The Morgan fingerprint density at radius 1 is 1.37 bits per heavy atom. The Kier molecular flexibility index (Phi) is 4.37. The fraction of sp³-hybridized carbons (Fsp3) is 0.833. The SMILES string of the molecule is CC(C)(C)OC(=O)N1CCC(F)(F)CC(C(N)=O)C1. The second kappa shape index (κ2) is 5.30. The minimum absolute atomic E-state index is 0.125. The molecule has 0 radical (unpaired) electrons. The third-order valence-corrected chi connectivity index (χ3v) is 2.79. The number of carbonyl (C=O) groups is 2. The second-order valence-electron chi connectivity index (χ2n) is 5.84.